The lowest BCUT2D eigenvalue weighted by Crippen LogP contribution is -2.20. The zero-order valence-electron chi connectivity index (χ0n) is 9.90. The zero-order valence-corrected chi connectivity index (χ0v) is 13.6. The average molecular weight is 432 g/mol. The normalized spacial score (nSPS) is 10.0. The van der Waals surface area contributed by atoms with Gasteiger partial charge >= 0.3 is 0 Å². The fourth-order valence-electron chi connectivity index (χ4n) is 1.41. The zero-order chi connectivity index (χ0) is 13.7. The Bertz CT molecular complexity index is 555. The van der Waals surface area contributed by atoms with Crippen molar-refractivity contribution < 1.29 is 9.53 Å². The Morgan fingerprint density at radius 1 is 1.11 bits per heavy atom. The Labute approximate surface area is 133 Å². The van der Waals surface area contributed by atoms with E-state index in [4.69, 9.17) is 4.74 Å². The number of anilines is 1. The Balaban J connectivity index is 1.84. The molecule has 0 radical (unpaired) electrons. The number of benzene rings is 2. The molecule has 0 saturated heterocycles. The van der Waals surface area contributed by atoms with Crippen LogP contribution in [0.4, 0.5) is 5.69 Å². The molecule has 5 heteroatoms. The van der Waals surface area contributed by atoms with Crippen LogP contribution < -0.4 is 10.1 Å². The van der Waals surface area contributed by atoms with Gasteiger partial charge in [-0.3, -0.25) is 4.79 Å². The number of hydrogen-bond donors (Lipinski definition) is 1. The number of hydrogen-bond acceptors (Lipinski definition) is 2. The molecule has 0 saturated carbocycles. The Hall–Kier alpha value is -1.08. The van der Waals surface area contributed by atoms with Crippen molar-refractivity contribution in [3.05, 3.63) is 56.6 Å². The molecule has 1 amide bonds. The summed E-state index contributed by atoms with van der Waals surface area (Å²) in [4.78, 5) is 11.7. The molecule has 3 nitrogen and oxygen atoms in total. The molecule has 0 atom stereocenters. The summed E-state index contributed by atoms with van der Waals surface area (Å²) in [6.07, 6.45) is 0. The Morgan fingerprint density at radius 3 is 2.37 bits per heavy atom. The molecule has 2 aromatic rings. The molecule has 0 aliphatic carbocycles. The first kappa shape index (κ1) is 14.3. The minimum absolute atomic E-state index is 0.00633. The van der Waals surface area contributed by atoms with Crippen molar-refractivity contribution in [2.45, 2.75) is 0 Å². The van der Waals surface area contributed by atoms with E-state index in [2.05, 4.69) is 43.8 Å². The first-order valence-corrected chi connectivity index (χ1v) is 7.44. The summed E-state index contributed by atoms with van der Waals surface area (Å²) >= 11 is 5.56. The molecule has 98 valence electrons. The molecule has 0 heterocycles. The monoisotopic (exact) mass is 431 g/mol. The van der Waals surface area contributed by atoms with E-state index in [1.54, 1.807) is 0 Å². The third-order valence-corrected chi connectivity index (χ3v) is 3.56. The SMILES string of the molecule is O=C(COc1ccc(Br)cc1)Nc1ccc(I)cc1. The van der Waals surface area contributed by atoms with Crippen LogP contribution in [0, 0.1) is 3.57 Å². The van der Waals surface area contributed by atoms with Crippen LogP contribution >= 0.6 is 38.5 Å². The summed E-state index contributed by atoms with van der Waals surface area (Å²) in [7, 11) is 0. The van der Waals surface area contributed by atoms with Gasteiger partial charge in [-0.05, 0) is 71.1 Å². The van der Waals surface area contributed by atoms with E-state index in [0.717, 1.165) is 13.7 Å². The minimum Gasteiger partial charge on any atom is -0.484 e. The molecule has 2 aromatic carbocycles. The summed E-state index contributed by atoms with van der Waals surface area (Å²) in [5, 5.41) is 2.77. The van der Waals surface area contributed by atoms with E-state index in [-0.39, 0.29) is 12.5 Å². The van der Waals surface area contributed by atoms with Gasteiger partial charge in [0, 0.05) is 13.7 Å². The number of rotatable bonds is 4. The molecule has 19 heavy (non-hydrogen) atoms. The number of nitrogens with one attached hydrogen (secondary N) is 1. The molecule has 0 spiro atoms. The van der Waals surface area contributed by atoms with Gasteiger partial charge < -0.3 is 10.1 Å². The highest BCUT2D eigenvalue weighted by Crippen LogP contribution is 2.16. The predicted molar refractivity (Wildman–Crippen MR) is 87.4 cm³/mol. The van der Waals surface area contributed by atoms with E-state index in [1.165, 1.54) is 0 Å². The predicted octanol–water partition coefficient (Wildman–Crippen LogP) is 4.07. The number of carbonyl (C=O) groups excluding carboxylic acids is 1. The van der Waals surface area contributed by atoms with Crippen LogP contribution in [0.3, 0.4) is 0 Å². The van der Waals surface area contributed by atoms with Gasteiger partial charge in [0.2, 0.25) is 0 Å². The maximum Gasteiger partial charge on any atom is 0.262 e. The van der Waals surface area contributed by atoms with Crippen molar-refractivity contribution in [2.75, 3.05) is 11.9 Å². The minimum atomic E-state index is -0.177. The molecular formula is C14H11BrINO2. The Kier molecular flexibility index (Phi) is 5.21. The second-order valence-electron chi connectivity index (χ2n) is 3.80. The molecule has 0 aromatic heterocycles. The summed E-state index contributed by atoms with van der Waals surface area (Å²) in [6, 6.07) is 14.9. The van der Waals surface area contributed by atoms with Crippen LogP contribution in [-0.2, 0) is 4.79 Å². The third-order valence-electron chi connectivity index (χ3n) is 2.31. The summed E-state index contributed by atoms with van der Waals surface area (Å²) in [6.45, 7) is -0.00633. The number of carbonyl (C=O) groups is 1. The van der Waals surface area contributed by atoms with Crippen LogP contribution in [0.1, 0.15) is 0 Å². The molecule has 0 aliphatic rings. The van der Waals surface area contributed by atoms with Gasteiger partial charge in [0.25, 0.3) is 5.91 Å². The topological polar surface area (TPSA) is 38.3 Å². The van der Waals surface area contributed by atoms with Crippen molar-refractivity contribution in [3.63, 3.8) is 0 Å². The lowest BCUT2D eigenvalue weighted by Gasteiger charge is -2.07. The van der Waals surface area contributed by atoms with Crippen LogP contribution in [0.15, 0.2) is 53.0 Å². The van der Waals surface area contributed by atoms with Crippen LogP contribution in [0.2, 0.25) is 0 Å². The maximum atomic E-state index is 11.7. The highest BCUT2D eigenvalue weighted by Gasteiger charge is 2.03. The van der Waals surface area contributed by atoms with Crippen LogP contribution in [0.5, 0.6) is 5.75 Å². The van der Waals surface area contributed by atoms with Crippen molar-refractivity contribution in [2.24, 2.45) is 0 Å². The largest absolute Gasteiger partial charge is 0.484 e. The van der Waals surface area contributed by atoms with Gasteiger partial charge in [0.1, 0.15) is 5.75 Å². The smallest absolute Gasteiger partial charge is 0.262 e. The highest BCUT2D eigenvalue weighted by atomic mass is 127. The van der Waals surface area contributed by atoms with Crippen LogP contribution in [0.25, 0.3) is 0 Å². The molecule has 0 bridgehead atoms. The summed E-state index contributed by atoms with van der Waals surface area (Å²) < 4.78 is 7.49. The van der Waals surface area contributed by atoms with Crippen molar-refractivity contribution in [1.82, 2.24) is 0 Å². The number of amides is 1. The second kappa shape index (κ2) is 6.91. The second-order valence-corrected chi connectivity index (χ2v) is 5.96. The molecule has 2 rings (SSSR count). The van der Waals surface area contributed by atoms with E-state index < -0.39 is 0 Å². The van der Waals surface area contributed by atoms with Gasteiger partial charge in [0.15, 0.2) is 6.61 Å². The third kappa shape index (κ3) is 4.83. The van der Waals surface area contributed by atoms with E-state index >= 15 is 0 Å². The fourth-order valence-corrected chi connectivity index (χ4v) is 2.03. The first-order valence-electron chi connectivity index (χ1n) is 5.57. The molecule has 0 unspecified atom stereocenters. The van der Waals surface area contributed by atoms with Crippen molar-refractivity contribution in [1.29, 1.82) is 0 Å². The van der Waals surface area contributed by atoms with Gasteiger partial charge in [0.05, 0.1) is 0 Å². The maximum absolute atomic E-state index is 11.7. The lowest BCUT2D eigenvalue weighted by atomic mass is 10.3. The fraction of sp³-hybridized carbons (Fsp3) is 0.0714. The molecular weight excluding hydrogens is 421 g/mol. The molecule has 0 aliphatic heterocycles. The van der Waals surface area contributed by atoms with Crippen molar-refractivity contribution in [3.8, 4) is 5.75 Å². The highest BCUT2D eigenvalue weighted by molar-refractivity contribution is 14.1. The van der Waals surface area contributed by atoms with E-state index in [1.807, 2.05) is 48.5 Å². The van der Waals surface area contributed by atoms with Gasteiger partial charge in [-0.25, -0.2) is 0 Å². The molecule has 1 N–H and O–H groups in total. The van der Waals surface area contributed by atoms with E-state index in [0.29, 0.717) is 5.75 Å². The van der Waals surface area contributed by atoms with Crippen molar-refractivity contribution >= 4 is 50.1 Å². The summed E-state index contributed by atoms with van der Waals surface area (Å²) in [5.74, 6) is 0.491. The lowest BCUT2D eigenvalue weighted by molar-refractivity contribution is -0.118. The van der Waals surface area contributed by atoms with E-state index in [9.17, 15) is 4.79 Å². The van der Waals surface area contributed by atoms with Gasteiger partial charge in [-0.1, -0.05) is 15.9 Å². The standard InChI is InChI=1S/C14H11BrINO2/c15-10-1-7-13(8-2-10)19-9-14(18)17-12-5-3-11(16)4-6-12/h1-8H,9H2,(H,17,18). The van der Waals surface area contributed by atoms with Gasteiger partial charge in [-0.2, -0.15) is 0 Å². The summed E-state index contributed by atoms with van der Waals surface area (Å²) in [5.41, 5.74) is 0.768. The Morgan fingerprint density at radius 2 is 1.74 bits per heavy atom. The number of ether oxygens (including phenoxy) is 1. The van der Waals surface area contributed by atoms with Crippen LogP contribution in [-0.4, -0.2) is 12.5 Å². The van der Waals surface area contributed by atoms with Gasteiger partial charge in [-0.15, -0.1) is 0 Å². The average Bonchev–Trinajstić information content (AvgIpc) is 2.41. The number of halogens is 2. The quantitative estimate of drug-likeness (QED) is 0.741. The molecule has 0 fully saturated rings. The first-order chi connectivity index (χ1) is 9.13.